The molecule has 2 fully saturated rings. The van der Waals surface area contributed by atoms with E-state index in [1.54, 1.807) is 0 Å². The molecular weight excluding hydrogens is 198 g/mol. The van der Waals surface area contributed by atoms with Gasteiger partial charge in [0, 0.05) is 6.54 Å². The fourth-order valence-corrected chi connectivity index (χ4v) is 3.01. The van der Waals surface area contributed by atoms with Crippen molar-refractivity contribution in [3.63, 3.8) is 0 Å². The Bertz CT molecular complexity index is 190. The van der Waals surface area contributed by atoms with Gasteiger partial charge in [0.2, 0.25) is 0 Å². The van der Waals surface area contributed by atoms with Crippen molar-refractivity contribution in [1.29, 1.82) is 0 Å². The molecule has 0 radical (unpaired) electrons. The van der Waals surface area contributed by atoms with Gasteiger partial charge in [-0.15, -0.1) is 0 Å². The van der Waals surface area contributed by atoms with Crippen molar-refractivity contribution < 1.29 is 0 Å². The molecule has 0 aromatic rings. The maximum absolute atomic E-state index is 3.63. The third-order valence-electron chi connectivity index (χ3n) is 4.05. The minimum absolute atomic E-state index is 0.883. The van der Waals surface area contributed by atoms with Crippen LogP contribution in [0.5, 0.6) is 0 Å². The molecule has 0 bridgehead atoms. The van der Waals surface area contributed by atoms with E-state index < -0.39 is 0 Å². The number of piperidine rings is 1. The number of nitrogens with zero attached hydrogens (tertiary/aromatic N) is 1. The predicted octanol–water partition coefficient (Wildman–Crippen LogP) is 0.917. The molecule has 94 valence electrons. The van der Waals surface area contributed by atoms with Gasteiger partial charge in [0.15, 0.2) is 0 Å². The van der Waals surface area contributed by atoms with Crippen LogP contribution in [0.2, 0.25) is 0 Å². The summed E-state index contributed by atoms with van der Waals surface area (Å²) in [7, 11) is 2.25. The largest absolute Gasteiger partial charge is 0.316 e. The summed E-state index contributed by atoms with van der Waals surface area (Å²) >= 11 is 0. The van der Waals surface area contributed by atoms with Crippen molar-refractivity contribution in [2.75, 3.05) is 46.3 Å². The van der Waals surface area contributed by atoms with Crippen molar-refractivity contribution in [3.8, 4) is 0 Å². The molecule has 2 aliphatic rings. The molecule has 2 rings (SSSR count). The molecule has 0 aromatic heterocycles. The van der Waals surface area contributed by atoms with Gasteiger partial charge in [-0.1, -0.05) is 0 Å². The van der Waals surface area contributed by atoms with Gasteiger partial charge in [-0.3, -0.25) is 0 Å². The molecule has 2 saturated heterocycles. The van der Waals surface area contributed by atoms with Crippen LogP contribution in [0.15, 0.2) is 0 Å². The molecule has 2 unspecified atom stereocenters. The van der Waals surface area contributed by atoms with Gasteiger partial charge >= 0.3 is 0 Å². The molecular formula is C13H27N3. The minimum atomic E-state index is 0.883. The molecule has 0 amide bonds. The standard InChI is InChI=1S/C13H27N3/c1-16-8-2-3-12(11-16)4-6-14-9-13-5-7-15-10-13/h12-15H,2-11H2,1H3. The molecule has 0 spiro atoms. The minimum Gasteiger partial charge on any atom is -0.316 e. The molecule has 16 heavy (non-hydrogen) atoms. The van der Waals surface area contributed by atoms with Crippen LogP contribution in [0.4, 0.5) is 0 Å². The second-order valence-corrected chi connectivity index (χ2v) is 5.62. The highest BCUT2D eigenvalue weighted by Crippen LogP contribution is 2.17. The van der Waals surface area contributed by atoms with Crippen molar-refractivity contribution in [2.24, 2.45) is 11.8 Å². The highest BCUT2D eigenvalue weighted by molar-refractivity contribution is 4.74. The van der Waals surface area contributed by atoms with Crippen LogP contribution in [0.3, 0.4) is 0 Å². The summed E-state index contributed by atoms with van der Waals surface area (Å²) in [6.45, 7) is 7.49. The van der Waals surface area contributed by atoms with Crippen LogP contribution < -0.4 is 10.6 Å². The third-order valence-corrected chi connectivity index (χ3v) is 4.05. The lowest BCUT2D eigenvalue weighted by molar-refractivity contribution is 0.201. The summed E-state index contributed by atoms with van der Waals surface area (Å²) in [5.41, 5.74) is 0. The third kappa shape index (κ3) is 4.04. The summed E-state index contributed by atoms with van der Waals surface area (Å²) in [6, 6.07) is 0. The number of rotatable bonds is 5. The molecule has 3 heteroatoms. The lowest BCUT2D eigenvalue weighted by Crippen LogP contribution is -2.34. The lowest BCUT2D eigenvalue weighted by atomic mass is 9.95. The second kappa shape index (κ2) is 6.58. The summed E-state index contributed by atoms with van der Waals surface area (Å²) < 4.78 is 0. The summed E-state index contributed by atoms with van der Waals surface area (Å²) in [6.07, 6.45) is 5.56. The van der Waals surface area contributed by atoms with E-state index in [1.807, 2.05) is 0 Å². The zero-order valence-electron chi connectivity index (χ0n) is 10.7. The first-order valence-electron chi connectivity index (χ1n) is 6.94. The van der Waals surface area contributed by atoms with Gasteiger partial charge in [-0.25, -0.2) is 0 Å². The Morgan fingerprint density at radius 1 is 1.31 bits per heavy atom. The van der Waals surface area contributed by atoms with Gasteiger partial charge < -0.3 is 15.5 Å². The Balaban J connectivity index is 1.50. The Morgan fingerprint density at radius 3 is 3.00 bits per heavy atom. The van der Waals surface area contributed by atoms with Gasteiger partial charge in [0.1, 0.15) is 0 Å². The molecule has 3 nitrogen and oxygen atoms in total. The Hall–Kier alpha value is -0.120. The molecule has 2 aliphatic heterocycles. The van der Waals surface area contributed by atoms with E-state index in [9.17, 15) is 0 Å². The van der Waals surface area contributed by atoms with Gasteiger partial charge in [-0.05, 0) is 77.3 Å². The van der Waals surface area contributed by atoms with Crippen LogP contribution in [-0.2, 0) is 0 Å². The Labute approximate surface area is 100.0 Å². The first-order valence-corrected chi connectivity index (χ1v) is 6.94. The Kier molecular flexibility index (Phi) is 5.07. The van der Waals surface area contributed by atoms with E-state index in [0.717, 1.165) is 11.8 Å². The first-order chi connectivity index (χ1) is 7.84. The second-order valence-electron chi connectivity index (χ2n) is 5.62. The summed E-state index contributed by atoms with van der Waals surface area (Å²) in [5, 5.41) is 7.05. The average Bonchev–Trinajstić information content (AvgIpc) is 2.77. The van der Waals surface area contributed by atoms with E-state index in [-0.39, 0.29) is 0 Å². The summed E-state index contributed by atoms with van der Waals surface area (Å²) in [4.78, 5) is 2.48. The topological polar surface area (TPSA) is 27.3 Å². The predicted molar refractivity (Wildman–Crippen MR) is 68.7 cm³/mol. The van der Waals surface area contributed by atoms with Crippen LogP contribution in [0.25, 0.3) is 0 Å². The SMILES string of the molecule is CN1CCCC(CCNCC2CCNC2)C1. The van der Waals surface area contributed by atoms with E-state index >= 15 is 0 Å². The van der Waals surface area contributed by atoms with Crippen LogP contribution in [-0.4, -0.2) is 51.2 Å². The Morgan fingerprint density at radius 2 is 2.25 bits per heavy atom. The van der Waals surface area contributed by atoms with Crippen molar-refractivity contribution >= 4 is 0 Å². The molecule has 0 aliphatic carbocycles. The maximum Gasteiger partial charge on any atom is 0.000709 e. The van der Waals surface area contributed by atoms with Gasteiger partial charge in [-0.2, -0.15) is 0 Å². The zero-order chi connectivity index (χ0) is 11.2. The van der Waals surface area contributed by atoms with Crippen molar-refractivity contribution in [2.45, 2.75) is 25.7 Å². The van der Waals surface area contributed by atoms with Crippen LogP contribution in [0, 0.1) is 11.8 Å². The summed E-state index contributed by atoms with van der Waals surface area (Å²) in [5.74, 6) is 1.82. The number of nitrogens with one attached hydrogen (secondary N) is 2. The van der Waals surface area contributed by atoms with E-state index in [0.29, 0.717) is 0 Å². The van der Waals surface area contributed by atoms with E-state index in [1.165, 1.54) is 65.0 Å². The zero-order valence-corrected chi connectivity index (χ0v) is 10.7. The maximum atomic E-state index is 3.63. The normalized spacial score (nSPS) is 32.1. The van der Waals surface area contributed by atoms with Crippen molar-refractivity contribution in [1.82, 2.24) is 15.5 Å². The fourth-order valence-electron chi connectivity index (χ4n) is 3.01. The highest BCUT2D eigenvalue weighted by Gasteiger charge is 2.17. The molecule has 2 atom stereocenters. The monoisotopic (exact) mass is 225 g/mol. The highest BCUT2D eigenvalue weighted by atomic mass is 15.1. The molecule has 2 heterocycles. The van der Waals surface area contributed by atoms with Gasteiger partial charge in [0.05, 0.1) is 0 Å². The number of likely N-dealkylation sites (tertiary alicyclic amines) is 1. The molecule has 0 saturated carbocycles. The first kappa shape index (κ1) is 12.3. The fraction of sp³-hybridized carbons (Fsp3) is 1.00. The quantitative estimate of drug-likeness (QED) is 0.681. The molecule has 0 aromatic carbocycles. The van der Waals surface area contributed by atoms with Gasteiger partial charge in [0.25, 0.3) is 0 Å². The van der Waals surface area contributed by atoms with Crippen molar-refractivity contribution in [3.05, 3.63) is 0 Å². The van der Waals surface area contributed by atoms with Crippen LogP contribution in [0.1, 0.15) is 25.7 Å². The van der Waals surface area contributed by atoms with E-state index in [4.69, 9.17) is 0 Å². The number of hydrogen-bond donors (Lipinski definition) is 2. The number of hydrogen-bond acceptors (Lipinski definition) is 3. The smallest absolute Gasteiger partial charge is 0.000709 e. The average molecular weight is 225 g/mol. The molecule has 2 N–H and O–H groups in total. The van der Waals surface area contributed by atoms with Crippen LogP contribution >= 0.6 is 0 Å². The van der Waals surface area contributed by atoms with E-state index in [2.05, 4.69) is 22.6 Å². The lowest BCUT2D eigenvalue weighted by Gasteiger charge is -2.29.